The van der Waals surface area contributed by atoms with Gasteiger partial charge in [0.05, 0.1) is 18.0 Å². The summed E-state index contributed by atoms with van der Waals surface area (Å²) in [6, 6.07) is 21.1. The molecule has 1 atom stereocenters. The summed E-state index contributed by atoms with van der Waals surface area (Å²) in [5.41, 5.74) is 1.26. The minimum atomic E-state index is -3.82. The molecule has 8 heteroatoms. The quantitative estimate of drug-likeness (QED) is 0.529. The van der Waals surface area contributed by atoms with Crippen LogP contribution in [0.15, 0.2) is 83.8 Å². The second kappa shape index (κ2) is 9.96. The summed E-state index contributed by atoms with van der Waals surface area (Å²) in [5.74, 6) is 0.319. The van der Waals surface area contributed by atoms with Gasteiger partial charge in [-0.1, -0.05) is 41.9 Å². The first-order chi connectivity index (χ1) is 14.8. The smallest absolute Gasteiger partial charge is 0.243 e. The number of methoxy groups -OCH3 is 1. The third-order valence-corrected chi connectivity index (χ3v) is 7.00. The van der Waals surface area contributed by atoms with Crippen LogP contribution in [0.25, 0.3) is 0 Å². The van der Waals surface area contributed by atoms with Crippen LogP contribution in [-0.2, 0) is 14.8 Å². The standard InChI is InChI=1S/C23H23ClN2O4S/c1-26(31(28,29)21-6-4-3-5-7-21)22(17-8-14-20(30-2)15-9-17)16-23(27)25-19-12-10-18(24)11-13-19/h3-15,22H,16H2,1-2H3,(H,25,27)/t22-/m0/s1. The molecule has 0 heterocycles. The maximum atomic E-state index is 13.2. The Morgan fingerprint density at radius 1 is 1.00 bits per heavy atom. The van der Waals surface area contributed by atoms with E-state index in [0.717, 1.165) is 0 Å². The fourth-order valence-electron chi connectivity index (χ4n) is 3.13. The van der Waals surface area contributed by atoms with Crippen molar-refractivity contribution in [2.24, 2.45) is 0 Å². The number of hydrogen-bond donors (Lipinski definition) is 1. The Kier molecular flexibility index (Phi) is 7.33. The van der Waals surface area contributed by atoms with E-state index in [4.69, 9.17) is 16.3 Å². The molecular formula is C23H23ClN2O4S. The fraction of sp³-hybridized carbons (Fsp3) is 0.174. The number of anilines is 1. The highest BCUT2D eigenvalue weighted by atomic mass is 35.5. The zero-order valence-electron chi connectivity index (χ0n) is 17.2. The molecule has 31 heavy (non-hydrogen) atoms. The summed E-state index contributed by atoms with van der Waals surface area (Å²) in [4.78, 5) is 12.9. The highest BCUT2D eigenvalue weighted by molar-refractivity contribution is 7.89. The summed E-state index contributed by atoms with van der Waals surface area (Å²) >= 11 is 5.89. The van der Waals surface area contributed by atoms with E-state index in [9.17, 15) is 13.2 Å². The van der Waals surface area contributed by atoms with Crippen molar-refractivity contribution in [3.8, 4) is 5.75 Å². The Hall–Kier alpha value is -2.87. The maximum absolute atomic E-state index is 13.2. The molecule has 0 spiro atoms. The Labute approximate surface area is 187 Å². The molecule has 0 radical (unpaired) electrons. The third kappa shape index (κ3) is 5.64. The number of hydrogen-bond acceptors (Lipinski definition) is 4. The lowest BCUT2D eigenvalue weighted by atomic mass is 10.0. The van der Waals surface area contributed by atoms with Crippen LogP contribution in [0.2, 0.25) is 5.02 Å². The van der Waals surface area contributed by atoms with Crippen molar-refractivity contribution in [3.63, 3.8) is 0 Å². The van der Waals surface area contributed by atoms with Crippen molar-refractivity contribution >= 4 is 33.2 Å². The number of benzene rings is 3. The van der Waals surface area contributed by atoms with Gasteiger partial charge in [0.2, 0.25) is 15.9 Å². The molecule has 0 saturated carbocycles. The molecule has 162 valence electrons. The number of ether oxygens (including phenoxy) is 1. The van der Waals surface area contributed by atoms with Gasteiger partial charge in [-0.15, -0.1) is 0 Å². The molecule has 0 aromatic heterocycles. The van der Waals surface area contributed by atoms with E-state index in [1.807, 2.05) is 0 Å². The number of nitrogens with one attached hydrogen (secondary N) is 1. The van der Waals surface area contributed by atoms with Crippen molar-refractivity contribution < 1.29 is 17.9 Å². The first kappa shape index (κ1) is 22.8. The monoisotopic (exact) mass is 458 g/mol. The van der Waals surface area contributed by atoms with Crippen molar-refractivity contribution in [2.75, 3.05) is 19.5 Å². The molecule has 0 unspecified atom stereocenters. The van der Waals surface area contributed by atoms with E-state index in [0.29, 0.717) is 22.0 Å². The van der Waals surface area contributed by atoms with Crippen LogP contribution >= 0.6 is 11.6 Å². The molecule has 1 amide bonds. The van der Waals surface area contributed by atoms with Crippen molar-refractivity contribution in [3.05, 3.63) is 89.4 Å². The molecule has 3 aromatic rings. The Bertz CT molecular complexity index is 1120. The number of carbonyl (C=O) groups excluding carboxylic acids is 1. The van der Waals surface area contributed by atoms with Crippen molar-refractivity contribution in [1.82, 2.24) is 4.31 Å². The lowest BCUT2D eigenvalue weighted by molar-refractivity contribution is -0.117. The van der Waals surface area contributed by atoms with Gasteiger partial charge in [0.25, 0.3) is 0 Å². The molecule has 0 bridgehead atoms. The van der Waals surface area contributed by atoms with Gasteiger partial charge in [-0.3, -0.25) is 4.79 Å². The van der Waals surface area contributed by atoms with E-state index in [1.54, 1.807) is 73.8 Å². The third-order valence-electron chi connectivity index (χ3n) is 4.87. The molecular weight excluding hydrogens is 436 g/mol. The summed E-state index contributed by atoms with van der Waals surface area (Å²) in [6.45, 7) is 0. The number of carbonyl (C=O) groups is 1. The summed E-state index contributed by atoms with van der Waals surface area (Å²) < 4.78 is 32.8. The lowest BCUT2D eigenvalue weighted by Gasteiger charge is -2.28. The number of nitrogens with zero attached hydrogens (tertiary/aromatic N) is 1. The van der Waals surface area contributed by atoms with Crippen LogP contribution in [-0.4, -0.2) is 32.8 Å². The number of halogens is 1. The number of rotatable bonds is 8. The SMILES string of the molecule is COc1ccc([C@H](CC(=O)Nc2ccc(Cl)cc2)N(C)S(=O)(=O)c2ccccc2)cc1. The van der Waals surface area contributed by atoms with Gasteiger partial charge >= 0.3 is 0 Å². The molecule has 0 aliphatic carbocycles. The van der Waals surface area contributed by atoms with Gasteiger partial charge in [0, 0.05) is 24.2 Å². The molecule has 0 saturated heterocycles. The number of sulfonamides is 1. The molecule has 3 rings (SSSR count). The van der Waals surface area contributed by atoms with E-state index in [2.05, 4.69) is 5.32 Å². The predicted octanol–water partition coefficient (Wildman–Crippen LogP) is 4.74. The van der Waals surface area contributed by atoms with Gasteiger partial charge < -0.3 is 10.1 Å². The Morgan fingerprint density at radius 3 is 2.19 bits per heavy atom. The van der Waals surface area contributed by atoms with E-state index in [1.165, 1.54) is 23.5 Å². The first-order valence-electron chi connectivity index (χ1n) is 9.53. The summed E-state index contributed by atoms with van der Waals surface area (Å²) in [7, 11) is -0.789. The van der Waals surface area contributed by atoms with Gasteiger partial charge in [0.1, 0.15) is 5.75 Å². The normalized spacial score (nSPS) is 12.4. The summed E-state index contributed by atoms with van der Waals surface area (Å²) in [6.07, 6.45) is -0.0719. The minimum Gasteiger partial charge on any atom is -0.497 e. The van der Waals surface area contributed by atoms with Crippen LogP contribution in [0.3, 0.4) is 0 Å². The van der Waals surface area contributed by atoms with Crippen LogP contribution in [0.4, 0.5) is 5.69 Å². The fourth-order valence-corrected chi connectivity index (χ4v) is 4.62. The minimum absolute atomic E-state index is 0.0719. The zero-order valence-corrected chi connectivity index (χ0v) is 18.7. The second-order valence-electron chi connectivity index (χ2n) is 6.88. The van der Waals surface area contributed by atoms with E-state index >= 15 is 0 Å². The molecule has 6 nitrogen and oxygen atoms in total. The molecule has 0 aliphatic rings. The van der Waals surface area contributed by atoms with Crippen molar-refractivity contribution in [1.29, 1.82) is 0 Å². The van der Waals surface area contributed by atoms with Crippen LogP contribution in [0, 0.1) is 0 Å². The molecule has 0 aliphatic heterocycles. The van der Waals surface area contributed by atoms with Gasteiger partial charge in [0.15, 0.2) is 0 Å². The van der Waals surface area contributed by atoms with Crippen LogP contribution in [0.5, 0.6) is 5.75 Å². The summed E-state index contributed by atoms with van der Waals surface area (Å²) in [5, 5.41) is 3.35. The van der Waals surface area contributed by atoms with Crippen LogP contribution < -0.4 is 10.1 Å². The van der Waals surface area contributed by atoms with Crippen molar-refractivity contribution in [2.45, 2.75) is 17.4 Å². The largest absolute Gasteiger partial charge is 0.497 e. The first-order valence-corrected chi connectivity index (χ1v) is 11.4. The van der Waals surface area contributed by atoms with E-state index in [-0.39, 0.29) is 17.2 Å². The predicted molar refractivity (Wildman–Crippen MR) is 122 cm³/mol. The topological polar surface area (TPSA) is 75.7 Å². The number of amides is 1. The Morgan fingerprint density at radius 2 is 1.61 bits per heavy atom. The zero-order chi connectivity index (χ0) is 22.4. The van der Waals surface area contributed by atoms with Gasteiger partial charge in [-0.05, 0) is 54.1 Å². The Balaban J connectivity index is 1.90. The highest BCUT2D eigenvalue weighted by Gasteiger charge is 2.30. The lowest BCUT2D eigenvalue weighted by Crippen LogP contribution is -2.33. The second-order valence-corrected chi connectivity index (χ2v) is 9.32. The molecule has 3 aromatic carbocycles. The highest BCUT2D eigenvalue weighted by Crippen LogP contribution is 2.30. The average Bonchev–Trinajstić information content (AvgIpc) is 2.79. The van der Waals surface area contributed by atoms with Gasteiger partial charge in [-0.2, -0.15) is 4.31 Å². The van der Waals surface area contributed by atoms with E-state index < -0.39 is 16.1 Å². The van der Waals surface area contributed by atoms with Crippen LogP contribution in [0.1, 0.15) is 18.0 Å². The molecule has 0 fully saturated rings. The average molecular weight is 459 g/mol. The maximum Gasteiger partial charge on any atom is 0.243 e. The molecule has 1 N–H and O–H groups in total. The van der Waals surface area contributed by atoms with Gasteiger partial charge in [-0.25, -0.2) is 8.42 Å².